The highest BCUT2D eigenvalue weighted by Crippen LogP contribution is 2.82. The monoisotopic (exact) mass is 462 g/mol. The summed E-state index contributed by atoms with van der Waals surface area (Å²) in [4.78, 5) is 0. The van der Waals surface area contributed by atoms with Gasteiger partial charge < -0.3 is 19.7 Å². The van der Waals surface area contributed by atoms with Gasteiger partial charge in [-0.1, -0.05) is 13.8 Å². The van der Waals surface area contributed by atoms with Crippen molar-refractivity contribution in [2.24, 2.45) is 52.3 Å². The molecule has 0 aromatic carbocycles. The van der Waals surface area contributed by atoms with Gasteiger partial charge in [-0.15, -0.1) is 19.6 Å². The molecule has 0 aromatic heterocycles. The van der Waals surface area contributed by atoms with Gasteiger partial charge in [-0.3, -0.25) is 0 Å². The molecular weight excluding hydrogens is 416 g/mol. The Balaban J connectivity index is 1.27. The van der Waals surface area contributed by atoms with Gasteiger partial charge in [0.1, 0.15) is 0 Å². The summed E-state index contributed by atoms with van der Waals surface area (Å²) in [6, 6.07) is 0. The molecule has 0 aliphatic heterocycles. The summed E-state index contributed by atoms with van der Waals surface area (Å²) in [5.74, 6) is 4.02. The first kappa shape index (κ1) is 22.5. The van der Waals surface area contributed by atoms with E-state index in [0.29, 0.717) is 47.8 Å². The van der Waals surface area contributed by atoms with E-state index in [4.69, 9.17) is 4.43 Å². The highest BCUT2D eigenvalue weighted by molar-refractivity contribution is 6.69. The lowest BCUT2D eigenvalue weighted by Crippen LogP contribution is -2.65. The van der Waals surface area contributed by atoms with Crippen molar-refractivity contribution in [1.82, 2.24) is 0 Å². The third-order valence-corrected chi connectivity index (χ3v) is 13.1. The molecule has 183 valence electrons. The van der Waals surface area contributed by atoms with Crippen LogP contribution in [0.4, 0.5) is 0 Å². The molecule has 6 rings (SSSR count). The molecule has 32 heavy (non-hydrogen) atoms. The van der Waals surface area contributed by atoms with Crippen molar-refractivity contribution >= 4 is 8.32 Å². The van der Waals surface area contributed by atoms with E-state index >= 15 is 0 Å². The first-order chi connectivity index (χ1) is 14.9. The van der Waals surface area contributed by atoms with Gasteiger partial charge in [0.05, 0.1) is 17.3 Å². The second-order valence-corrected chi connectivity index (χ2v) is 18.9. The van der Waals surface area contributed by atoms with Crippen LogP contribution in [-0.2, 0) is 4.43 Å². The lowest BCUT2D eigenvalue weighted by molar-refractivity contribution is -0.237. The topological polar surface area (TPSA) is 69.9 Å². The Morgan fingerprint density at radius 1 is 0.906 bits per heavy atom. The Morgan fingerprint density at radius 2 is 1.59 bits per heavy atom. The maximum Gasteiger partial charge on any atom is 0.0759 e. The van der Waals surface area contributed by atoms with Crippen LogP contribution >= 0.6 is 0 Å². The summed E-state index contributed by atoms with van der Waals surface area (Å²) in [7, 11) is -1.51. The minimum Gasteiger partial charge on any atom is -0.565 e. The molecule has 3 unspecified atom stereocenters. The number of hydrogen-bond acceptors (Lipinski definition) is 4. The Bertz CT molecular complexity index is 797. The number of aliphatic hydroxyl groups is 3. The normalized spacial score (nSPS) is 60.0. The summed E-state index contributed by atoms with van der Waals surface area (Å²) < 4.78 is 6.13. The molecule has 0 aromatic rings. The third kappa shape index (κ3) is 2.75. The van der Waals surface area contributed by atoms with Gasteiger partial charge in [-0.05, 0) is 112 Å². The van der Waals surface area contributed by atoms with Crippen LogP contribution in [0.15, 0.2) is 0 Å². The molecule has 0 radical (unpaired) electrons. The van der Waals surface area contributed by atoms with Crippen molar-refractivity contribution in [3.05, 3.63) is 0 Å². The van der Waals surface area contributed by atoms with Crippen molar-refractivity contribution in [2.45, 2.75) is 109 Å². The summed E-state index contributed by atoms with van der Waals surface area (Å²) >= 11 is 0. The summed E-state index contributed by atoms with van der Waals surface area (Å²) in [6.07, 6.45) is 8.53. The van der Waals surface area contributed by atoms with Crippen LogP contribution in [0.3, 0.4) is 0 Å². The van der Waals surface area contributed by atoms with Crippen LogP contribution in [0.25, 0.3) is 0 Å². The van der Waals surface area contributed by atoms with E-state index in [2.05, 4.69) is 33.5 Å². The van der Waals surface area contributed by atoms with Gasteiger partial charge in [0.2, 0.25) is 0 Å². The van der Waals surface area contributed by atoms with Gasteiger partial charge in [0.25, 0.3) is 0 Å². The average molecular weight is 463 g/mol. The van der Waals surface area contributed by atoms with Crippen molar-refractivity contribution in [1.29, 1.82) is 0 Å². The lowest BCUT2D eigenvalue weighted by atomic mass is 9.42. The fourth-order valence-electron chi connectivity index (χ4n) is 10.5. The molecule has 0 spiro atoms. The molecule has 6 aliphatic rings. The van der Waals surface area contributed by atoms with Crippen molar-refractivity contribution in [3.8, 4) is 0 Å². The molecule has 0 amide bonds. The number of hydrogen-bond donors (Lipinski definition) is 3. The first-order valence-electron chi connectivity index (χ1n) is 13.6. The minimum absolute atomic E-state index is 0.0219. The predicted molar refractivity (Wildman–Crippen MR) is 127 cm³/mol. The highest BCUT2D eigenvalue weighted by atomic mass is 28.4. The zero-order valence-corrected chi connectivity index (χ0v) is 21.9. The molecule has 0 bridgehead atoms. The number of rotatable bonds is 5. The molecule has 0 saturated heterocycles. The molecule has 5 heteroatoms. The van der Waals surface area contributed by atoms with Crippen LogP contribution in [0.1, 0.15) is 71.6 Å². The fraction of sp³-hybridized carbons (Fsp3) is 1.00. The van der Waals surface area contributed by atoms with Gasteiger partial charge in [-0.25, -0.2) is 0 Å². The van der Waals surface area contributed by atoms with Crippen LogP contribution in [0.2, 0.25) is 19.6 Å². The van der Waals surface area contributed by atoms with E-state index in [0.717, 1.165) is 51.6 Å². The van der Waals surface area contributed by atoms with Crippen molar-refractivity contribution < 1.29 is 19.7 Å². The molecular formula is C27H46O4Si-. The quantitative estimate of drug-likeness (QED) is 0.413. The van der Waals surface area contributed by atoms with Crippen molar-refractivity contribution in [2.75, 3.05) is 6.61 Å². The average Bonchev–Trinajstić information content (AvgIpc) is 3.59. The standard InChI is InChI=1S/C27H46O4Si/c1-24-10-7-16(28)15-27(24,30)20-13-17(20)22-19(24)8-11-25(2)23(22)18-14-21(18)26(25,29)9-6-12-31-32(3,4)5/h16-23,28-30H,6-15H2,1-5H3/q-1/t16-,17-,18+,19?,20+,21-,22?,23?,24+,25-,26-,27+/m0/s1. The van der Waals surface area contributed by atoms with E-state index in [1.165, 1.54) is 6.42 Å². The summed E-state index contributed by atoms with van der Waals surface area (Å²) in [5.41, 5.74) is -1.24. The van der Waals surface area contributed by atoms with E-state index in [-0.39, 0.29) is 16.9 Å². The van der Waals surface area contributed by atoms with Crippen molar-refractivity contribution in [3.63, 3.8) is 0 Å². The molecule has 0 heterocycles. The first-order valence-corrected chi connectivity index (χ1v) is 17.0. The number of aliphatic hydroxyl groups excluding tert-OH is 1. The molecule has 3 N–H and O–H groups in total. The van der Waals surface area contributed by atoms with E-state index in [9.17, 15) is 15.3 Å². The minimum atomic E-state index is -1.51. The van der Waals surface area contributed by atoms with Crippen LogP contribution in [0.5, 0.6) is 0 Å². The molecule has 4 nitrogen and oxygen atoms in total. The number of fused-ring (bicyclic) bond motifs is 10. The zero-order valence-electron chi connectivity index (χ0n) is 20.9. The largest absolute Gasteiger partial charge is 0.565 e. The lowest BCUT2D eigenvalue weighted by Gasteiger charge is -2.64. The van der Waals surface area contributed by atoms with E-state index in [1.807, 2.05) is 0 Å². The Hall–Kier alpha value is 0.0569. The van der Waals surface area contributed by atoms with Gasteiger partial charge in [0, 0.05) is 13.0 Å². The Kier molecular flexibility index (Phi) is 4.66. The van der Waals surface area contributed by atoms with Crippen LogP contribution in [-0.4, -0.2) is 47.5 Å². The van der Waals surface area contributed by atoms with Gasteiger partial charge in [-0.2, -0.15) is 0 Å². The SMILES string of the molecule is C[C@]12CCC3C(C1[C@@H]1C[C@@H]1[C@@]2(O)CCCO[Si-](C)(C)C)[C@H]1C[C@H]1[C@]1(O)C[C@@H](O)CC[C@]31C. The molecule has 6 saturated carbocycles. The predicted octanol–water partition coefficient (Wildman–Crippen LogP) is 4.58. The maximum absolute atomic E-state index is 12.2. The molecule has 12 atom stereocenters. The Labute approximate surface area is 195 Å². The van der Waals surface area contributed by atoms with Gasteiger partial charge in [0.15, 0.2) is 0 Å². The summed E-state index contributed by atoms with van der Waals surface area (Å²) in [5, 5.41) is 34.6. The van der Waals surface area contributed by atoms with E-state index < -0.39 is 19.5 Å². The van der Waals surface area contributed by atoms with Gasteiger partial charge >= 0.3 is 0 Å². The highest BCUT2D eigenvalue weighted by Gasteiger charge is 2.81. The molecule has 6 fully saturated rings. The maximum atomic E-state index is 12.2. The van der Waals surface area contributed by atoms with Crippen LogP contribution in [0, 0.1) is 52.3 Å². The second-order valence-electron chi connectivity index (χ2n) is 14.4. The zero-order chi connectivity index (χ0) is 22.9. The van der Waals surface area contributed by atoms with Crippen LogP contribution < -0.4 is 0 Å². The third-order valence-electron chi connectivity index (χ3n) is 12.0. The summed E-state index contributed by atoms with van der Waals surface area (Å²) in [6.45, 7) is 12.3. The smallest absolute Gasteiger partial charge is 0.0759 e. The fourth-order valence-corrected chi connectivity index (χ4v) is 11.2. The molecule has 6 aliphatic carbocycles. The Morgan fingerprint density at radius 3 is 2.31 bits per heavy atom. The van der Waals surface area contributed by atoms with E-state index in [1.54, 1.807) is 0 Å². The second kappa shape index (κ2) is 6.63.